The fourth-order valence-corrected chi connectivity index (χ4v) is 2.04. The lowest BCUT2D eigenvalue weighted by Gasteiger charge is -2.32. The lowest BCUT2D eigenvalue weighted by Crippen LogP contribution is -2.41. The van der Waals surface area contributed by atoms with Crippen LogP contribution in [0.2, 0.25) is 0 Å². The van der Waals surface area contributed by atoms with Gasteiger partial charge >= 0.3 is 7.12 Å². The molecule has 1 aliphatic rings. The Morgan fingerprint density at radius 3 is 2.40 bits per heavy atom. The Bertz CT molecular complexity index is 510. The van der Waals surface area contributed by atoms with Crippen LogP contribution in [0, 0.1) is 6.92 Å². The Kier molecular flexibility index (Phi) is 4.05. The lowest BCUT2D eigenvalue weighted by atomic mass is 9.77. The van der Waals surface area contributed by atoms with Gasteiger partial charge < -0.3 is 15.0 Å². The maximum absolute atomic E-state index is 6.03. The maximum Gasteiger partial charge on any atom is 0.491 e. The van der Waals surface area contributed by atoms with Gasteiger partial charge in [-0.05, 0) is 57.8 Å². The van der Waals surface area contributed by atoms with Crippen molar-refractivity contribution in [1.82, 2.24) is 4.98 Å². The molecular formula is C15H23BN2O2. The average molecular weight is 274 g/mol. The normalized spacial score (nSPS) is 21.3. The van der Waals surface area contributed by atoms with Gasteiger partial charge in [0.05, 0.1) is 16.9 Å². The van der Waals surface area contributed by atoms with Crippen LogP contribution in [-0.4, -0.2) is 29.8 Å². The zero-order valence-electron chi connectivity index (χ0n) is 12.9. The molecule has 1 saturated heterocycles. The van der Waals surface area contributed by atoms with Gasteiger partial charge in [-0.1, -0.05) is 6.07 Å². The van der Waals surface area contributed by atoms with E-state index in [4.69, 9.17) is 15.0 Å². The first kappa shape index (κ1) is 15.2. The second-order valence-electron chi connectivity index (χ2n) is 6.22. The zero-order valence-corrected chi connectivity index (χ0v) is 12.9. The van der Waals surface area contributed by atoms with Crippen molar-refractivity contribution < 1.29 is 9.31 Å². The lowest BCUT2D eigenvalue weighted by molar-refractivity contribution is 0.00578. The van der Waals surface area contributed by atoms with Gasteiger partial charge in [0.1, 0.15) is 0 Å². The van der Waals surface area contributed by atoms with E-state index in [1.807, 2.05) is 52.8 Å². The van der Waals surface area contributed by atoms with Crippen LogP contribution in [0.4, 0.5) is 0 Å². The van der Waals surface area contributed by atoms with E-state index in [1.165, 1.54) is 0 Å². The van der Waals surface area contributed by atoms with E-state index in [0.29, 0.717) is 6.54 Å². The predicted molar refractivity (Wildman–Crippen MR) is 82.1 cm³/mol. The Hall–Kier alpha value is -1.17. The molecule has 0 unspecified atom stereocenters. The fourth-order valence-electron chi connectivity index (χ4n) is 2.04. The quantitative estimate of drug-likeness (QED) is 0.860. The van der Waals surface area contributed by atoms with Crippen LogP contribution in [0.3, 0.4) is 0 Å². The molecule has 0 aromatic carbocycles. The summed E-state index contributed by atoms with van der Waals surface area (Å²) >= 11 is 0. The van der Waals surface area contributed by atoms with Crippen molar-refractivity contribution in [2.45, 2.75) is 45.8 Å². The van der Waals surface area contributed by atoms with Crippen LogP contribution in [0.5, 0.6) is 0 Å². The van der Waals surface area contributed by atoms with Gasteiger partial charge in [0, 0.05) is 12.7 Å². The highest BCUT2D eigenvalue weighted by atomic mass is 16.7. The van der Waals surface area contributed by atoms with Gasteiger partial charge in [0.15, 0.2) is 0 Å². The van der Waals surface area contributed by atoms with Crippen LogP contribution >= 0.6 is 0 Å². The SMILES string of the molecule is Cc1cccnc1C=C(CN)B1OC(C)(C)C(C)(C)O1. The number of hydrogen-bond donors (Lipinski definition) is 1. The molecule has 0 aliphatic carbocycles. The third kappa shape index (κ3) is 2.80. The first-order valence-corrected chi connectivity index (χ1v) is 6.94. The minimum atomic E-state index is -0.411. The van der Waals surface area contributed by atoms with Crippen LogP contribution in [0.25, 0.3) is 6.08 Å². The summed E-state index contributed by atoms with van der Waals surface area (Å²) in [5.74, 6) is 0. The third-order valence-electron chi connectivity index (χ3n) is 4.16. The summed E-state index contributed by atoms with van der Waals surface area (Å²) in [7, 11) is -0.411. The summed E-state index contributed by atoms with van der Waals surface area (Å²) in [5, 5.41) is 0. The highest BCUT2D eigenvalue weighted by Gasteiger charge is 2.52. The molecular weight excluding hydrogens is 251 g/mol. The molecule has 2 N–H and O–H groups in total. The van der Waals surface area contributed by atoms with E-state index in [2.05, 4.69) is 4.98 Å². The molecule has 0 saturated carbocycles. The van der Waals surface area contributed by atoms with Crippen molar-refractivity contribution in [2.75, 3.05) is 6.54 Å². The largest absolute Gasteiger partial charge is 0.491 e. The molecule has 1 aliphatic heterocycles. The highest BCUT2D eigenvalue weighted by molar-refractivity contribution is 6.55. The topological polar surface area (TPSA) is 57.4 Å². The maximum atomic E-state index is 6.03. The van der Waals surface area contributed by atoms with E-state index in [9.17, 15) is 0 Å². The fraction of sp³-hybridized carbons (Fsp3) is 0.533. The van der Waals surface area contributed by atoms with Gasteiger partial charge in [-0.2, -0.15) is 0 Å². The summed E-state index contributed by atoms with van der Waals surface area (Å²) in [6, 6.07) is 3.95. The van der Waals surface area contributed by atoms with Crippen molar-refractivity contribution in [3.63, 3.8) is 0 Å². The minimum absolute atomic E-state index is 0.356. The Morgan fingerprint density at radius 2 is 1.90 bits per heavy atom. The van der Waals surface area contributed by atoms with E-state index >= 15 is 0 Å². The van der Waals surface area contributed by atoms with E-state index < -0.39 is 7.12 Å². The monoisotopic (exact) mass is 274 g/mol. The number of hydrogen-bond acceptors (Lipinski definition) is 4. The van der Waals surface area contributed by atoms with Gasteiger partial charge in [-0.25, -0.2) is 0 Å². The van der Waals surface area contributed by atoms with Crippen LogP contribution in [0.1, 0.15) is 39.0 Å². The molecule has 0 bridgehead atoms. The number of nitrogens with zero attached hydrogens (tertiary/aromatic N) is 1. The molecule has 0 atom stereocenters. The molecule has 2 heterocycles. The van der Waals surface area contributed by atoms with E-state index in [1.54, 1.807) is 6.20 Å². The second kappa shape index (κ2) is 5.32. The predicted octanol–water partition coefficient (Wildman–Crippen LogP) is 2.36. The number of aromatic nitrogens is 1. The van der Waals surface area contributed by atoms with Gasteiger partial charge in [-0.3, -0.25) is 4.98 Å². The van der Waals surface area contributed by atoms with Crippen LogP contribution < -0.4 is 5.73 Å². The van der Waals surface area contributed by atoms with E-state index in [0.717, 1.165) is 16.7 Å². The van der Waals surface area contributed by atoms with E-state index in [-0.39, 0.29) is 11.2 Å². The third-order valence-corrected chi connectivity index (χ3v) is 4.16. The smallest absolute Gasteiger partial charge is 0.400 e. The zero-order chi connectivity index (χ0) is 15.0. The summed E-state index contributed by atoms with van der Waals surface area (Å²) in [6.07, 6.45) is 3.74. The standard InChI is InChI=1S/C15H23BN2O2/c1-11-7-6-8-18-13(11)9-12(10-17)16-19-14(2,3)15(4,5)20-16/h6-9H,10,17H2,1-5H3. The van der Waals surface area contributed by atoms with Crippen LogP contribution in [0.15, 0.2) is 23.8 Å². The molecule has 0 spiro atoms. The molecule has 1 aromatic heterocycles. The molecule has 20 heavy (non-hydrogen) atoms. The first-order valence-electron chi connectivity index (χ1n) is 6.94. The molecule has 4 nitrogen and oxygen atoms in total. The molecule has 5 heteroatoms. The number of aryl methyl sites for hydroxylation is 1. The van der Waals surface area contributed by atoms with Gasteiger partial charge in [-0.15, -0.1) is 0 Å². The Labute approximate surface area is 121 Å². The molecule has 0 amide bonds. The summed E-state index contributed by atoms with van der Waals surface area (Å²) < 4.78 is 12.1. The number of pyridine rings is 1. The highest BCUT2D eigenvalue weighted by Crippen LogP contribution is 2.38. The number of nitrogens with two attached hydrogens (primary N) is 1. The average Bonchev–Trinajstić information content (AvgIpc) is 2.57. The summed E-state index contributed by atoms with van der Waals surface area (Å²) in [5.41, 5.74) is 8.08. The molecule has 0 radical (unpaired) electrons. The van der Waals surface area contributed by atoms with Crippen molar-refractivity contribution in [3.05, 3.63) is 35.1 Å². The number of rotatable bonds is 3. The Morgan fingerprint density at radius 1 is 1.30 bits per heavy atom. The second-order valence-corrected chi connectivity index (χ2v) is 6.22. The van der Waals surface area contributed by atoms with Crippen molar-refractivity contribution in [3.8, 4) is 0 Å². The molecule has 2 rings (SSSR count). The van der Waals surface area contributed by atoms with Gasteiger partial charge in [0.25, 0.3) is 0 Å². The Balaban J connectivity index is 2.29. The molecule has 1 aromatic rings. The van der Waals surface area contributed by atoms with Gasteiger partial charge in [0.2, 0.25) is 0 Å². The first-order chi connectivity index (χ1) is 9.27. The summed E-state index contributed by atoms with van der Waals surface area (Å²) in [6.45, 7) is 10.5. The molecule has 1 fully saturated rings. The van der Waals surface area contributed by atoms with Crippen molar-refractivity contribution in [1.29, 1.82) is 0 Å². The minimum Gasteiger partial charge on any atom is -0.400 e. The van der Waals surface area contributed by atoms with Crippen molar-refractivity contribution in [2.24, 2.45) is 5.73 Å². The van der Waals surface area contributed by atoms with Crippen molar-refractivity contribution >= 4 is 13.2 Å². The molecule has 108 valence electrons. The van der Waals surface area contributed by atoms with Crippen LogP contribution in [-0.2, 0) is 9.31 Å². The summed E-state index contributed by atoms with van der Waals surface area (Å²) in [4.78, 5) is 4.37.